The molecule has 2 N–H and O–H groups in total. The largest absolute Gasteiger partial charge is 0.327 e. The van der Waals surface area contributed by atoms with Gasteiger partial charge in [-0.1, -0.05) is 6.07 Å². The zero-order valence-corrected chi connectivity index (χ0v) is 17.8. The van der Waals surface area contributed by atoms with E-state index in [0.29, 0.717) is 29.9 Å². The number of anilines is 1. The minimum absolute atomic E-state index is 0.0496. The lowest BCUT2D eigenvalue weighted by Crippen LogP contribution is -2.70. The van der Waals surface area contributed by atoms with E-state index in [-0.39, 0.29) is 36.7 Å². The van der Waals surface area contributed by atoms with Gasteiger partial charge in [-0.2, -0.15) is 0 Å². The van der Waals surface area contributed by atoms with Gasteiger partial charge in [0.25, 0.3) is 0 Å². The van der Waals surface area contributed by atoms with E-state index in [1.165, 1.54) is 11.8 Å². The van der Waals surface area contributed by atoms with E-state index in [1.807, 2.05) is 0 Å². The van der Waals surface area contributed by atoms with Crippen molar-refractivity contribution in [2.24, 2.45) is 0 Å². The predicted octanol–water partition coefficient (Wildman–Crippen LogP) is 1.81. The van der Waals surface area contributed by atoms with Crippen molar-refractivity contribution >= 4 is 29.3 Å². The van der Waals surface area contributed by atoms with Gasteiger partial charge in [0, 0.05) is 17.4 Å². The number of amides is 4. The van der Waals surface area contributed by atoms with Gasteiger partial charge in [-0.05, 0) is 62.7 Å². The first-order valence-corrected chi connectivity index (χ1v) is 10.6. The standard InChI is InChI=1S/C23H25N5O4/c1-15(29)16-7-9-17(10-8-16)26-20(30)14-27-19-6-4-12-25-21(19)22(31)28(23(27)32)13-18-5-2-3-11-24-18/h2-3,5,7-11,19,21,25H,4,6,12-14H2,1H3,(H,26,30). The highest BCUT2D eigenvalue weighted by Gasteiger charge is 2.47. The second-order valence-corrected chi connectivity index (χ2v) is 7.98. The summed E-state index contributed by atoms with van der Waals surface area (Å²) >= 11 is 0. The summed E-state index contributed by atoms with van der Waals surface area (Å²) in [6.07, 6.45) is 3.07. The molecule has 0 aliphatic carbocycles. The van der Waals surface area contributed by atoms with Gasteiger partial charge < -0.3 is 15.5 Å². The highest BCUT2D eigenvalue weighted by molar-refractivity contribution is 6.03. The van der Waals surface area contributed by atoms with Gasteiger partial charge in [0.1, 0.15) is 12.6 Å². The highest BCUT2D eigenvalue weighted by Crippen LogP contribution is 2.25. The Morgan fingerprint density at radius 2 is 1.94 bits per heavy atom. The fourth-order valence-corrected chi connectivity index (χ4v) is 4.15. The second-order valence-electron chi connectivity index (χ2n) is 7.98. The van der Waals surface area contributed by atoms with Crippen LogP contribution in [-0.4, -0.2) is 63.6 Å². The van der Waals surface area contributed by atoms with Gasteiger partial charge in [-0.3, -0.25) is 24.3 Å². The molecule has 4 rings (SSSR count). The van der Waals surface area contributed by atoms with Crippen LogP contribution in [0.4, 0.5) is 10.5 Å². The molecule has 2 saturated heterocycles. The molecule has 1 aromatic carbocycles. The first kappa shape index (κ1) is 21.6. The zero-order valence-electron chi connectivity index (χ0n) is 17.8. The van der Waals surface area contributed by atoms with E-state index in [0.717, 1.165) is 11.3 Å². The van der Waals surface area contributed by atoms with Crippen LogP contribution in [0.2, 0.25) is 0 Å². The molecular formula is C23H25N5O4. The van der Waals surface area contributed by atoms with Gasteiger partial charge in [-0.15, -0.1) is 0 Å². The SMILES string of the molecule is CC(=O)c1ccc(NC(=O)CN2C(=O)N(Cc3ccccn3)C(=O)C3NCCCC32)cc1. The van der Waals surface area contributed by atoms with Crippen LogP contribution in [0.1, 0.15) is 35.8 Å². The third-order valence-corrected chi connectivity index (χ3v) is 5.77. The lowest BCUT2D eigenvalue weighted by atomic mass is 9.93. The van der Waals surface area contributed by atoms with Crippen LogP contribution < -0.4 is 10.6 Å². The topological polar surface area (TPSA) is 112 Å². The Labute approximate surface area is 185 Å². The smallest absolute Gasteiger partial charge is 0.325 e. The normalized spacial score (nSPS) is 20.7. The average Bonchev–Trinajstić information content (AvgIpc) is 2.80. The second kappa shape index (κ2) is 9.27. The van der Waals surface area contributed by atoms with Crippen LogP contribution in [0.3, 0.4) is 0 Å². The van der Waals surface area contributed by atoms with E-state index in [9.17, 15) is 19.2 Å². The number of hydrogen-bond acceptors (Lipinski definition) is 6. The number of nitrogens with zero attached hydrogens (tertiary/aromatic N) is 3. The summed E-state index contributed by atoms with van der Waals surface area (Å²) in [5.41, 5.74) is 1.68. The molecule has 0 saturated carbocycles. The van der Waals surface area contributed by atoms with E-state index < -0.39 is 12.1 Å². The maximum absolute atomic E-state index is 13.3. The molecule has 3 heterocycles. The van der Waals surface area contributed by atoms with Crippen molar-refractivity contribution in [3.63, 3.8) is 0 Å². The number of piperidine rings is 1. The summed E-state index contributed by atoms with van der Waals surface area (Å²) in [6, 6.07) is 10.5. The third-order valence-electron chi connectivity index (χ3n) is 5.77. The summed E-state index contributed by atoms with van der Waals surface area (Å²) in [7, 11) is 0. The molecular weight excluding hydrogens is 410 g/mol. The van der Waals surface area contributed by atoms with Crippen LogP contribution in [0.25, 0.3) is 0 Å². The Balaban J connectivity index is 1.51. The highest BCUT2D eigenvalue weighted by atomic mass is 16.2. The summed E-state index contributed by atoms with van der Waals surface area (Å²) < 4.78 is 0. The van der Waals surface area contributed by atoms with Crippen LogP contribution in [0.5, 0.6) is 0 Å². The maximum atomic E-state index is 13.3. The molecule has 2 aliphatic heterocycles. The number of rotatable bonds is 6. The van der Waals surface area contributed by atoms with Gasteiger partial charge >= 0.3 is 6.03 Å². The number of hydrogen-bond donors (Lipinski definition) is 2. The molecule has 32 heavy (non-hydrogen) atoms. The molecule has 1 aromatic heterocycles. The predicted molar refractivity (Wildman–Crippen MR) is 117 cm³/mol. The van der Waals surface area contributed by atoms with Gasteiger partial charge in [0.05, 0.1) is 18.3 Å². The zero-order chi connectivity index (χ0) is 22.7. The van der Waals surface area contributed by atoms with Crippen LogP contribution in [0, 0.1) is 0 Å². The van der Waals surface area contributed by atoms with E-state index >= 15 is 0 Å². The van der Waals surface area contributed by atoms with Crippen molar-refractivity contribution in [2.45, 2.75) is 38.4 Å². The van der Waals surface area contributed by atoms with Crippen molar-refractivity contribution in [1.82, 2.24) is 20.1 Å². The number of nitrogens with one attached hydrogen (secondary N) is 2. The van der Waals surface area contributed by atoms with Gasteiger partial charge in [0.15, 0.2) is 5.78 Å². The number of ketones is 1. The summed E-state index contributed by atoms with van der Waals surface area (Å²) in [5.74, 6) is -0.720. The Kier molecular flexibility index (Phi) is 6.27. The lowest BCUT2D eigenvalue weighted by molar-refractivity contribution is -0.138. The number of pyridine rings is 1. The molecule has 4 amide bonds. The quantitative estimate of drug-likeness (QED) is 0.670. The first-order chi connectivity index (χ1) is 15.4. The Morgan fingerprint density at radius 3 is 2.62 bits per heavy atom. The van der Waals surface area contributed by atoms with Crippen LogP contribution >= 0.6 is 0 Å². The van der Waals surface area contributed by atoms with Crippen LogP contribution in [-0.2, 0) is 16.1 Å². The summed E-state index contributed by atoms with van der Waals surface area (Å²) in [4.78, 5) is 57.3. The Bertz CT molecular complexity index is 1020. The summed E-state index contributed by atoms with van der Waals surface area (Å²) in [6.45, 7) is 2.03. The molecule has 2 aliphatic rings. The first-order valence-electron chi connectivity index (χ1n) is 10.6. The fraction of sp³-hybridized carbons (Fsp3) is 0.348. The number of Topliss-reactive ketones (excluding diaryl/α,β-unsaturated/α-hetero) is 1. The molecule has 9 nitrogen and oxygen atoms in total. The Hall–Kier alpha value is -3.59. The average molecular weight is 435 g/mol. The minimum Gasteiger partial charge on any atom is -0.325 e. The monoisotopic (exact) mass is 435 g/mol. The fourth-order valence-electron chi connectivity index (χ4n) is 4.15. The van der Waals surface area contributed by atoms with Crippen molar-refractivity contribution < 1.29 is 19.2 Å². The minimum atomic E-state index is -0.548. The van der Waals surface area contributed by atoms with Crippen molar-refractivity contribution in [3.8, 4) is 0 Å². The van der Waals surface area contributed by atoms with Gasteiger partial charge in [0.2, 0.25) is 11.8 Å². The number of carbonyl (C=O) groups excluding carboxylic acids is 4. The third kappa shape index (κ3) is 4.52. The number of fused-ring (bicyclic) bond motifs is 1. The Morgan fingerprint density at radius 1 is 1.16 bits per heavy atom. The molecule has 2 atom stereocenters. The summed E-state index contributed by atoms with van der Waals surface area (Å²) in [5, 5.41) is 5.97. The van der Waals surface area contributed by atoms with Crippen molar-refractivity contribution in [1.29, 1.82) is 0 Å². The molecule has 0 radical (unpaired) electrons. The number of benzene rings is 1. The molecule has 2 unspecified atom stereocenters. The van der Waals surface area contributed by atoms with Crippen LogP contribution in [0.15, 0.2) is 48.7 Å². The molecule has 2 aromatic rings. The number of carbonyl (C=O) groups is 4. The lowest BCUT2D eigenvalue weighted by Gasteiger charge is -2.46. The molecule has 0 spiro atoms. The van der Waals surface area contributed by atoms with Crippen molar-refractivity contribution in [2.75, 3.05) is 18.4 Å². The number of urea groups is 1. The van der Waals surface area contributed by atoms with E-state index in [2.05, 4.69) is 15.6 Å². The molecule has 0 bridgehead atoms. The van der Waals surface area contributed by atoms with E-state index in [1.54, 1.807) is 48.7 Å². The molecule has 166 valence electrons. The number of imide groups is 1. The van der Waals surface area contributed by atoms with Gasteiger partial charge in [-0.25, -0.2) is 4.79 Å². The molecule has 2 fully saturated rings. The maximum Gasteiger partial charge on any atom is 0.327 e. The number of aromatic nitrogens is 1. The molecule has 9 heteroatoms. The van der Waals surface area contributed by atoms with E-state index in [4.69, 9.17) is 0 Å². The van der Waals surface area contributed by atoms with Crippen molar-refractivity contribution in [3.05, 3.63) is 59.9 Å².